The third kappa shape index (κ3) is 6.38. The molecule has 0 bridgehead atoms. The van der Waals surface area contributed by atoms with Crippen molar-refractivity contribution in [1.29, 1.82) is 0 Å². The van der Waals surface area contributed by atoms with E-state index in [1.54, 1.807) is 12.1 Å². The molecule has 9 heteroatoms. The second-order valence-electron chi connectivity index (χ2n) is 7.90. The third-order valence-corrected chi connectivity index (χ3v) is 8.04. The van der Waals surface area contributed by atoms with Crippen molar-refractivity contribution in [2.45, 2.75) is 38.5 Å². The van der Waals surface area contributed by atoms with Crippen LogP contribution in [0, 0.1) is 5.92 Å². The predicted molar refractivity (Wildman–Crippen MR) is 128 cm³/mol. The first-order valence-electron chi connectivity index (χ1n) is 10.6. The molecule has 1 saturated heterocycles. The lowest BCUT2D eigenvalue weighted by atomic mass is 9.96. The molecule has 6 nitrogen and oxygen atoms in total. The van der Waals surface area contributed by atoms with Crippen molar-refractivity contribution in [2.75, 3.05) is 19.7 Å². The number of nitrogens with one attached hydrogen (secondary N) is 1. The van der Waals surface area contributed by atoms with Crippen LogP contribution in [0.2, 0.25) is 10.0 Å². The minimum Gasteiger partial charge on any atom is -0.494 e. The molecule has 0 aliphatic carbocycles. The van der Waals surface area contributed by atoms with Crippen LogP contribution in [0.4, 0.5) is 0 Å². The fourth-order valence-corrected chi connectivity index (χ4v) is 5.91. The molecule has 1 aliphatic rings. The highest BCUT2D eigenvalue weighted by molar-refractivity contribution is 7.88. The summed E-state index contributed by atoms with van der Waals surface area (Å²) in [5.41, 5.74) is 1.50. The molecule has 1 heterocycles. The Morgan fingerprint density at radius 3 is 2.41 bits per heavy atom. The van der Waals surface area contributed by atoms with Gasteiger partial charge in [-0.15, -0.1) is 0 Å². The minimum absolute atomic E-state index is 0.0517. The van der Waals surface area contributed by atoms with Gasteiger partial charge in [-0.25, -0.2) is 12.7 Å². The molecule has 174 valence electrons. The Labute approximate surface area is 199 Å². The molecule has 0 radical (unpaired) electrons. The Kier molecular flexibility index (Phi) is 8.44. The SMILES string of the molecule is CCOc1ccc([C@@H](C)NC(=O)C2CCN(S(=O)(=O)Cc3ccc(Cl)cc3Cl)CC2)cc1. The van der Waals surface area contributed by atoms with Crippen LogP contribution < -0.4 is 10.1 Å². The molecule has 1 aliphatic heterocycles. The lowest BCUT2D eigenvalue weighted by Crippen LogP contribution is -2.43. The van der Waals surface area contributed by atoms with Gasteiger partial charge in [-0.1, -0.05) is 41.4 Å². The van der Waals surface area contributed by atoms with E-state index in [0.29, 0.717) is 48.1 Å². The van der Waals surface area contributed by atoms with E-state index in [9.17, 15) is 13.2 Å². The number of ether oxygens (including phenoxy) is 1. The van der Waals surface area contributed by atoms with Gasteiger partial charge in [-0.05, 0) is 62.1 Å². The van der Waals surface area contributed by atoms with Crippen LogP contribution in [-0.2, 0) is 20.6 Å². The molecular formula is C23H28Cl2N2O4S. The van der Waals surface area contributed by atoms with Gasteiger partial charge >= 0.3 is 0 Å². The molecule has 32 heavy (non-hydrogen) atoms. The number of halogens is 2. The van der Waals surface area contributed by atoms with Crippen molar-refractivity contribution in [2.24, 2.45) is 5.92 Å². The van der Waals surface area contributed by atoms with Gasteiger partial charge < -0.3 is 10.1 Å². The van der Waals surface area contributed by atoms with Gasteiger partial charge in [0.15, 0.2) is 0 Å². The second-order valence-corrected chi connectivity index (χ2v) is 10.7. The highest BCUT2D eigenvalue weighted by Gasteiger charge is 2.32. The summed E-state index contributed by atoms with van der Waals surface area (Å²) in [6.45, 7) is 5.09. The molecule has 0 spiro atoms. The number of nitrogens with zero attached hydrogens (tertiary/aromatic N) is 1. The van der Waals surface area contributed by atoms with Crippen molar-refractivity contribution < 1.29 is 17.9 Å². The van der Waals surface area contributed by atoms with Crippen molar-refractivity contribution in [3.8, 4) is 5.75 Å². The number of benzene rings is 2. The molecule has 0 unspecified atom stereocenters. The zero-order valence-electron chi connectivity index (χ0n) is 18.2. The Balaban J connectivity index is 1.53. The molecular weight excluding hydrogens is 471 g/mol. The summed E-state index contributed by atoms with van der Waals surface area (Å²) in [6, 6.07) is 12.3. The van der Waals surface area contributed by atoms with Gasteiger partial charge in [-0.3, -0.25) is 4.79 Å². The van der Waals surface area contributed by atoms with Gasteiger partial charge in [0, 0.05) is 29.1 Å². The van der Waals surface area contributed by atoms with Gasteiger partial charge in [-0.2, -0.15) is 0 Å². The molecule has 0 aromatic heterocycles. The Morgan fingerprint density at radius 1 is 1.16 bits per heavy atom. The average molecular weight is 499 g/mol. The van der Waals surface area contributed by atoms with Crippen LogP contribution in [0.5, 0.6) is 5.75 Å². The van der Waals surface area contributed by atoms with E-state index in [1.807, 2.05) is 38.1 Å². The number of sulfonamides is 1. The smallest absolute Gasteiger partial charge is 0.223 e. The topological polar surface area (TPSA) is 75.7 Å². The standard InChI is InChI=1S/C23H28Cl2N2O4S/c1-3-31-21-8-5-17(6-9-21)16(2)26-23(28)18-10-12-27(13-11-18)32(29,30)15-19-4-7-20(24)14-22(19)25/h4-9,14,16,18H,3,10-13,15H2,1-2H3,(H,26,28)/t16-/m1/s1. The first-order valence-corrected chi connectivity index (χ1v) is 13.0. The van der Waals surface area contributed by atoms with E-state index in [4.69, 9.17) is 27.9 Å². The molecule has 1 N–H and O–H groups in total. The number of rotatable bonds is 8. The summed E-state index contributed by atoms with van der Waals surface area (Å²) in [5, 5.41) is 3.84. The highest BCUT2D eigenvalue weighted by Crippen LogP contribution is 2.27. The van der Waals surface area contributed by atoms with Crippen LogP contribution >= 0.6 is 23.2 Å². The number of piperidine rings is 1. The van der Waals surface area contributed by atoms with Gasteiger partial charge in [0.05, 0.1) is 18.4 Å². The molecule has 1 atom stereocenters. The van der Waals surface area contributed by atoms with E-state index in [-0.39, 0.29) is 23.6 Å². The van der Waals surface area contributed by atoms with E-state index >= 15 is 0 Å². The van der Waals surface area contributed by atoms with Gasteiger partial charge in [0.2, 0.25) is 15.9 Å². The first-order chi connectivity index (χ1) is 15.2. The molecule has 3 rings (SSSR count). The van der Waals surface area contributed by atoms with E-state index in [0.717, 1.165) is 11.3 Å². The fourth-order valence-electron chi connectivity index (χ4n) is 3.76. The monoisotopic (exact) mass is 498 g/mol. The van der Waals surface area contributed by atoms with Crippen LogP contribution in [0.3, 0.4) is 0 Å². The van der Waals surface area contributed by atoms with Crippen LogP contribution in [-0.4, -0.2) is 38.3 Å². The summed E-state index contributed by atoms with van der Waals surface area (Å²) in [5.74, 6) is 0.340. The number of hydrogen-bond acceptors (Lipinski definition) is 4. The Morgan fingerprint density at radius 2 is 1.81 bits per heavy atom. The van der Waals surface area contributed by atoms with E-state index in [2.05, 4.69) is 5.32 Å². The highest BCUT2D eigenvalue weighted by atomic mass is 35.5. The molecule has 1 amide bonds. The summed E-state index contributed by atoms with van der Waals surface area (Å²) in [6.07, 6.45) is 0.963. The number of amides is 1. The quantitative estimate of drug-likeness (QED) is 0.566. The maximum Gasteiger partial charge on any atom is 0.223 e. The van der Waals surface area contributed by atoms with Crippen LogP contribution in [0.25, 0.3) is 0 Å². The van der Waals surface area contributed by atoms with Crippen molar-refractivity contribution >= 4 is 39.1 Å². The number of carbonyl (C=O) groups excluding carboxylic acids is 1. The zero-order chi connectivity index (χ0) is 23.3. The normalized spacial score (nSPS) is 16.5. The maximum absolute atomic E-state index is 12.8. The second kappa shape index (κ2) is 10.9. The number of carbonyl (C=O) groups is 1. The largest absolute Gasteiger partial charge is 0.494 e. The number of hydrogen-bond donors (Lipinski definition) is 1. The Hall–Kier alpha value is -1.80. The van der Waals surface area contributed by atoms with Crippen LogP contribution in [0.15, 0.2) is 42.5 Å². The summed E-state index contributed by atoms with van der Waals surface area (Å²) >= 11 is 12.0. The van der Waals surface area contributed by atoms with Crippen molar-refractivity contribution in [3.05, 3.63) is 63.6 Å². The minimum atomic E-state index is -3.53. The lowest BCUT2D eigenvalue weighted by molar-refractivity contribution is -0.126. The maximum atomic E-state index is 12.8. The molecule has 1 fully saturated rings. The first kappa shape index (κ1) is 24.8. The Bertz CT molecular complexity index is 1040. The van der Waals surface area contributed by atoms with Crippen molar-refractivity contribution in [1.82, 2.24) is 9.62 Å². The molecule has 0 saturated carbocycles. The average Bonchev–Trinajstić information content (AvgIpc) is 2.76. The molecule has 2 aromatic rings. The van der Waals surface area contributed by atoms with Crippen molar-refractivity contribution in [3.63, 3.8) is 0 Å². The summed E-state index contributed by atoms with van der Waals surface area (Å²) in [7, 11) is -3.53. The van der Waals surface area contributed by atoms with E-state index < -0.39 is 10.0 Å². The van der Waals surface area contributed by atoms with E-state index in [1.165, 1.54) is 10.4 Å². The van der Waals surface area contributed by atoms with Gasteiger partial charge in [0.1, 0.15) is 5.75 Å². The zero-order valence-corrected chi connectivity index (χ0v) is 20.5. The lowest BCUT2D eigenvalue weighted by Gasteiger charge is -2.31. The summed E-state index contributed by atoms with van der Waals surface area (Å²) in [4.78, 5) is 12.7. The predicted octanol–water partition coefficient (Wildman–Crippen LogP) is 4.81. The van der Waals surface area contributed by atoms with Crippen LogP contribution in [0.1, 0.15) is 43.9 Å². The van der Waals surface area contributed by atoms with Gasteiger partial charge in [0.25, 0.3) is 0 Å². The fraction of sp³-hybridized carbons (Fsp3) is 0.435. The molecule has 2 aromatic carbocycles. The third-order valence-electron chi connectivity index (χ3n) is 5.62. The summed E-state index contributed by atoms with van der Waals surface area (Å²) < 4.78 is 32.5.